The molecule has 1 aromatic carbocycles. The van der Waals surface area contributed by atoms with Crippen LogP contribution >= 0.6 is 0 Å². The molecule has 1 N–H and O–H groups in total. The fourth-order valence-corrected chi connectivity index (χ4v) is 8.20. The van der Waals surface area contributed by atoms with Gasteiger partial charge in [0.05, 0.1) is 30.2 Å². The first-order valence-corrected chi connectivity index (χ1v) is 18.3. The molecular formula is C33H50FN7O5S. The number of nitrogens with zero attached hydrogens (tertiary/aromatic N) is 6. The number of hydrogen-bond acceptors (Lipinski definition) is 10. The molecule has 260 valence electrons. The van der Waals surface area contributed by atoms with Crippen LogP contribution in [0.4, 0.5) is 10.2 Å². The molecule has 3 aliphatic rings. The number of carbonyl (C=O) groups is 1. The van der Waals surface area contributed by atoms with Crippen molar-refractivity contribution in [3.8, 4) is 11.5 Å². The molecule has 1 aromatic heterocycles. The van der Waals surface area contributed by atoms with E-state index in [1.54, 1.807) is 11.1 Å². The molecule has 1 spiro atoms. The Morgan fingerprint density at radius 1 is 1.19 bits per heavy atom. The van der Waals surface area contributed by atoms with E-state index in [9.17, 15) is 17.6 Å². The second-order valence-electron chi connectivity index (χ2n) is 13.8. The molecule has 0 bridgehead atoms. The van der Waals surface area contributed by atoms with Gasteiger partial charge < -0.3 is 29.1 Å². The van der Waals surface area contributed by atoms with E-state index < -0.39 is 15.8 Å². The zero-order valence-electron chi connectivity index (χ0n) is 28.3. The molecule has 2 aromatic rings. The summed E-state index contributed by atoms with van der Waals surface area (Å²) in [5.41, 5.74) is 0.361. The van der Waals surface area contributed by atoms with Crippen molar-refractivity contribution in [1.29, 1.82) is 0 Å². The summed E-state index contributed by atoms with van der Waals surface area (Å²) in [7, 11) is 0.409. The molecule has 3 saturated heterocycles. The SMILES string of the molecule is CCN(C(=O)c1cc(F)ccc1Oc1cncnc1N1CC2(CCN(C[C@@H]3CC[C@@H](NS(=O)(=O)CCN(C)C)CO3)CC2)C1)C(C)C. The number of nitrogens with one attached hydrogen (secondary N) is 1. The number of hydrogen-bond donors (Lipinski definition) is 1. The van der Waals surface area contributed by atoms with Gasteiger partial charge in [0.15, 0.2) is 11.6 Å². The van der Waals surface area contributed by atoms with E-state index in [0.29, 0.717) is 31.3 Å². The van der Waals surface area contributed by atoms with Crippen LogP contribution in [0.1, 0.15) is 56.8 Å². The minimum Gasteiger partial charge on any atom is -0.451 e. The molecule has 4 heterocycles. The fraction of sp³-hybridized carbons (Fsp3) is 0.667. The van der Waals surface area contributed by atoms with Crippen LogP contribution in [-0.2, 0) is 14.8 Å². The van der Waals surface area contributed by atoms with Crippen molar-refractivity contribution in [2.75, 3.05) is 77.2 Å². The summed E-state index contributed by atoms with van der Waals surface area (Å²) in [4.78, 5) is 30.2. The van der Waals surface area contributed by atoms with Gasteiger partial charge in [0, 0.05) is 50.2 Å². The predicted molar refractivity (Wildman–Crippen MR) is 179 cm³/mol. The Bertz CT molecular complexity index is 1470. The lowest BCUT2D eigenvalue weighted by molar-refractivity contribution is -0.0299. The lowest BCUT2D eigenvalue weighted by Gasteiger charge is -2.54. The second kappa shape index (κ2) is 15.1. The molecule has 0 unspecified atom stereocenters. The molecule has 0 aliphatic carbocycles. The van der Waals surface area contributed by atoms with E-state index in [2.05, 4.69) is 24.5 Å². The molecule has 2 atom stereocenters. The van der Waals surface area contributed by atoms with Gasteiger partial charge in [0.25, 0.3) is 5.91 Å². The molecular weight excluding hydrogens is 625 g/mol. The van der Waals surface area contributed by atoms with Crippen molar-refractivity contribution in [2.24, 2.45) is 5.41 Å². The van der Waals surface area contributed by atoms with Gasteiger partial charge in [-0.1, -0.05) is 0 Å². The molecule has 14 heteroatoms. The number of benzene rings is 1. The first-order valence-electron chi connectivity index (χ1n) is 16.7. The molecule has 0 radical (unpaired) electrons. The van der Waals surface area contributed by atoms with Crippen LogP contribution < -0.4 is 14.4 Å². The van der Waals surface area contributed by atoms with Crippen LogP contribution in [-0.4, -0.2) is 129 Å². The molecule has 47 heavy (non-hydrogen) atoms. The van der Waals surface area contributed by atoms with Crippen LogP contribution in [0.15, 0.2) is 30.7 Å². The van der Waals surface area contributed by atoms with E-state index in [4.69, 9.17) is 9.47 Å². The highest BCUT2D eigenvalue weighted by Gasteiger charge is 2.46. The number of rotatable bonds is 13. The van der Waals surface area contributed by atoms with Crippen molar-refractivity contribution in [3.05, 3.63) is 42.1 Å². The smallest absolute Gasteiger partial charge is 0.257 e. The maximum Gasteiger partial charge on any atom is 0.257 e. The number of ether oxygens (including phenoxy) is 2. The van der Waals surface area contributed by atoms with Crippen molar-refractivity contribution in [1.82, 2.24) is 29.4 Å². The largest absolute Gasteiger partial charge is 0.451 e. The van der Waals surface area contributed by atoms with Gasteiger partial charge in [-0.3, -0.25) is 4.79 Å². The predicted octanol–water partition coefficient (Wildman–Crippen LogP) is 3.21. The first kappa shape index (κ1) is 35.4. The molecule has 5 rings (SSSR count). The highest BCUT2D eigenvalue weighted by Crippen LogP contribution is 2.45. The Hall–Kier alpha value is -2.91. The van der Waals surface area contributed by atoms with Crippen LogP contribution in [0.2, 0.25) is 0 Å². The molecule has 3 fully saturated rings. The number of halogens is 1. The van der Waals surface area contributed by atoms with Gasteiger partial charge >= 0.3 is 0 Å². The number of aromatic nitrogens is 2. The summed E-state index contributed by atoms with van der Waals surface area (Å²) in [6, 6.07) is 3.79. The second-order valence-corrected chi connectivity index (χ2v) is 15.6. The normalized spacial score (nSPS) is 21.7. The van der Waals surface area contributed by atoms with Crippen LogP contribution in [0.3, 0.4) is 0 Å². The van der Waals surface area contributed by atoms with Crippen molar-refractivity contribution >= 4 is 21.7 Å². The zero-order chi connectivity index (χ0) is 33.8. The van der Waals surface area contributed by atoms with Gasteiger partial charge in [0.1, 0.15) is 17.9 Å². The maximum atomic E-state index is 14.3. The summed E-state index contributed by atoms with van der Waals surface area (Å²) < 4.78 is 54.1. The van der Waals surface area contributed by atoms with E-state index in [1.165, 1.54) is 24.5 Å². The topological polar surface area (TPSA) is 120 Å². The maximum absolute atomic E-state index is 14.3. The van der Waals surface area contributed by atoms with E-state index in [0.717, 1.165) is 58.4 Å². The van der Waals surface area contributed by atoms with Gasteiger partial charge in [0.2, 0.25) is 10.0 Å². The van der Waals surface area contributed by atoms with Crippen LogP contribution in [0.25, 0.3) is 0 Å². The Morgan fingerprint density at radius 3 is 2.57 bits per heavy atom. The van der Waals surface area contributed by atoms with Crippen molar-refractivity contribution < 1.29 is 27.1 Å². The Morgan fingerprint density at radius 2 is 1.94 bits per heavy atom. The third kappa shape index (κ3) is 8.96. The lowest BCUT2D eigenvalue weighted by Crippen LogP contribution is -2.61. The average molecular weight is 676 g/mol. The molecule has 12 nitrogen and oxygen atoms in total. The standard InChI is InChI=1S/C33H50FN7O5S/c1-6-41(24(2)3)32(42)28-17-25(34)7-10-29(28)46-30-18-35-23-36-31(30)40-21-33(22-40)11-13-39(14-12-33)19-27-9-8-26(20-45-27)37-47(43,44)16-15-38(4)5/h7,10,17-18,23-24,26-27,37H,6,8-9,11-16,19-22H2,1-5H3/t26-,27+/m1/s1. The highest BCUT2D eigenvalue weighted by atomic mass is 32.2. The Kier molecular flexibility index (Phi) is 11.4. The lowest BCUT2D eigenvalue weighted by atomic mass is 9.72. The van der Waals surface area contributed by atoms with Gasteiger partial charge in [-0.2, -0.15) is 0 Å². The summed E-state index contributed by atoms with van der Waals surface area (Å²) in [6.45, 7) is 11.6. The third-order valence-electron chi connectivity index (χ3n) is 9.53. The van der Waals surface area contributed by atoms with Gasteiger partial charge in [-0.25, -0.2) is 27.5 Å². The number of piperidine rings is 1. The third-order valence-corrected chi connectivity index (χ3v) is 10.9. The number of sulfonamides is 1. The van der Waals surface area contributed by atoms with Crippen molar-refractivity contribution in [3.63, 3.8) is 0 Å². The summed E-state index contributed by atoms with van der Waals surface area (Å²) in [5.74, 6) is 0.663. The minimum atomic E-state index is -3.32. The van der Waals surface area contributed by atoms with Crippen LogP contribution in [0, 0.1) is 11.2 Å². The fourth-order valence-electron chi connectivity index (χ4n) is 6.78. The number of anilines is 1. The van der Waals surface area contributed by atoms with E-state index in [-0.39, 0.29) is 46.6 Å². The highest BCUT2D eigenvalue weighted by molar-refractivity contribution is 7.89. The Labute approximate surface area is 278 Å². The quantitative estimate of drug-likeness (QED) is 0.339. The monoisotopic (exact) mass is 675 g/mol. The molecule has 1 amide bonds. The number of amides is 1. The number of likely N-dealkylation sites (tertiary alicyclic amines) is 1. The minimum absolute atomic E-state index is 0.0445. The molecule has 3 aliphatic heterocycles. The average Bonchev–Trinajstić information content (AvgIpc) is 3.01. The van der Waals surface area contributed by atoms with Gasteiger partial charge in [-0.15, -0.1) is 0 Å². The Balaban J connectivity index is 1.12. The molecule has 0 saturated carbocycles. The summed E-state index contributed by atoms with van der Waals surface area (Å²) >= 11 is 0. The van der Waals surface area contributed by atoms with Crippen molar-refractivity contribution in [2.45, 2.75) is 64.6 Å². The van der Waals surface area contributed by atoms with Gasteiger partial charge in [-0.05, 0) is 91.8 Å². The number of carbonyl (C=O) groups excluding carboxylic acids is 1. The summed E-state index contributed by atoms with van der Waals surface area (Å²) in [6.07, 6.45) is 6.93. The zero-order valence-corrected chi connectivity index (χ0v) is 29.1. The van der Waals surface area contributed by atoms with E-state index in [1.807, 2.05) is 39.8 Å². The van der Waals surface area contributed by atoms with E-state index >= 15 is 0 Å². The summed E-state index contributed by atoms with van der Waals surface area (Å²) in [5, 5.41) is 0. The van der Waals surface area contributed by atoms with Crippen LogP contribution in [0.5, 0.6) is 11.5 Å². The first-order chi connectivity index (χ1) is 22.4.